The molecule has 1 saturated carbocycles. The van der Waals surface area contributed by atoms with Crippen molar-refractivity contribution in [2.75, 3.05) is 0 Å². The highest BCUT2D eigenvalue weighted by atomic mass is 16.1. The van der Waals surface area contributed by atoms with Crippen LogP contribution in [0.3, 0.4) is 0 Å². The summed E-state index contributed by atoms with van der Waals surface area (Å²) in [6.07, 6.45) is 7.79. The Morgan fingerprint density at radius 2 is 1.13 bits per heavy atom. The zero-order valence-corrected chi connectivity index (χ0v) is 18.5. The number of aryl methyl sites for hydroxylation is 2. The third-order valence-corrected chi connectivity index (χ3v) is 6.24. The summed E-state index contributed by atoms with van der Waals surface area (Å²) in [7, 11) is 0. The van der Waals surface area contributed by atoms with Crippen molar-refractivity contribution >= 4 is 17.9 Å². The van der Waals surface area contributed by atoms with Crippen LogP contribution in [0.15, 0.2) is 90.0 Å². The van der Waals surface area contributed by atoms with Gasteiger partial charge in [-0.25, -0.2) is 0 Å². The van der Waals surface area contributed by atoms with E-state index in [-0.39, 0.29) is 5.78 Å². The minimum atomic E-state index is 0.186. The van der Waals surface area contributed by atoms with E-state index in [2.05, 4.69) is 105 Å². The Labute approximate surface area is 186 Å². The van der Waals surface area contributed by atoms with Gasteiger partial charge >= 0.3 is 0 Å². The number of hydrogen-bond donors (Lipinski definition) is 0. The van der Waals surface area contributed by atoms with Crippen molar-refractivity contribution < 1.29 is 4.79 Å². The Bertz CT molecular complexity index is 1010. The van der Waals surface area contributed by atoms with Crippen LogP contribution in [0.4, 0.5) is 0 Å². The topological polar surface area (TPSA) is 17.1 Å². The first-order chi connectivity index (χ1) is 15.2. The van der Waals surface area contributed by atoms with E-state index in [1.165, 1.54) is 16.7 Å². The lowest BCUT2D eigenvalue weighted by molar-refractivity contribution is -0.113. The molecule has 3 aromatic rings. The lowest BCUT2D eigenvalue weighted by atomic mass is 9.76. The van der Waals surface area contributed by atoms with E-state index < -0.39 is 0 Å². The maximum absolute atomic E-state index is 13.4. The van der Waals surface area contributed by atoms with Crippen molar-refractivity contribution in [1.82, 2.24) is 0 Å². The average molecular weight is 407 g/mol. The lowest BCUT2D eigenvalue weighted by Gasteiger charge is -2.26. The van der Waals surface area contributed by atoms with E-state index in [9.17, 15) is 4.79 Å². The quantitative estimate of drug-likeness (QED) is 0.403. The smallest absolute Gasteiger partial charge is 0.185 e. The van der Waals surface area contributed by atoms with Crippen molar-refractivity contribution in [2.24, 2.45) is 0 Å². The number of benzene rings is 3. The highest BCUT2D eigenvalue weighted by molar-refractivity contribution is 6.14. The third kappa shape index (κ3) is 5.11. The molecular weight excluding hydrogens is 376 g/mol. The molecule has 1 fully saturated rings. The molecule has 0 atom stereocenters. The lowest BCUT2D eigenvalue weighted by Crippen LogP contribution is -2.19. The van der Waals surface area contributed by atoms with E-state index in [0.29, 0.717) is 5.92 Å². The number of Topliss-reactive ketones (excluding diaryl/α,β-unsaturated/α-hetero) is 1. The predicted molar refractivity (Wildman–Crippen MR) is 131 cm³/mol. The fourth-order valence-electron chi connectivity index (χ4n) is 4.31. The summed E-state index contributed by atoms with van der Waals surface area (Å²) in [6, 6.07) is 27.7. The normalized spacial score (nSPS) is 19.2. The molecule has 0 saturated heterocycles. The van der Waals surface area contributed by atoms with Crippen LogP contribution in [0.1, 0.15) is 60.4 Å². The molecule has 1 aliphatic carbocycles. The summed E-state index contributed by atoms with van der Waals surface area (Å²) in [5, 5.41) is 0. The fraction of sp³-hybridized carbons (Fsp3) is 0.233. The molecule has 0 aliphatic heterocycles. The summed E-state index contributed by atoms with van der Waals surface area (Å²) in [5.41, 5.74) is 7.93. The Hall–Kier alpha value is -3.19. The molecule has 3 aromatic carbocycles. The number of carbonyl (C=O) groups is 1. The van der Waals surface area contributed by atoms with Gasteiger partial charge in [0.2, 0.25) is 0 Å². The minimum Gasteiger partial charge on any atom is -0.289 e. The van der Waals surface area contributed by atoms with Gasteiger partial charge in [0.15, 0.2) is 5.78 Å². The SMILES string of the molecule is CCc1ccc(/C=C2\CC(c3ccccc3)C/C(=C\c3ccc(CC)cc3)C2=O)cc1. The highest BCUT2D eigenvalue weighted by Gasteiger charge is 2.28. The number of hydrogen-bond acceptors (Lipinski definition) is 1. The average Bonchev–Trinajstić information content (AvgIpc) is 2.83. The summed E-state index contributed by atoms with van der Waals surface area (Å²) in [6.45, 7) is 4.32. The molecule has 1 heteroatoms. The van der Waals surface area contributed by atoms with Gasteiger partial charge in [-0.05, 0) is 71.6 Å². The zero-order chi connectivity index (χ0) is 21.6. The summed E-state index contributed by atoms with van der Waals surface area (Å²) >= 11 is 0. The molecule has 4 rings (SSSR count). The molecule has 0 spiro atoms. The first kappa shape index (κ1) is 21.1. The minimum absolute atomic E-state index is 0.186. The van der Waals surface area contributed by atoms with Crippen LogP contribution in [0.5, 0.6) is 0 Å². The van der Waals surface area contributed by atoms with Crippen molar-refractivity contribution in [3.8, 4) is 0 Å². The second-order valence-corrected chi connectivity index (χ2v) is 8.37. The molecule has 31 heavy (non-hydrogen) atoms. The van der Waals surface area contributed by atoms with Crippen LogP contribution in [0.25, 0.3) is 12.2 Å². The van der Waals surface area contributed by atoms with Crippen molar-refractivity contribution in [3.63, 3.8) is 0 Å². The summed E-state index contributed by atoms with van der Waals surface area (Å²) in [4.78, 5) is 13.4. The molecule has 1 nitrogen and oxygen atoms in total. The van der Waals surface area contributed by atoms with E-state index in [0.717, 1.165) is 48.0 Å². The van der Waals surface area contributed by atoms with Gasteiger partial charge in [-0.3, -0.25) is 4.79 Å². The van der Waals surface area contributed by atoms with Gasteiger partial charge in [0, 0.05) is 11.1 Å². The van der Waals surface area contributed by atoms with Crippen LogP contribution in [-0.2, 0) is 17.6 Å². The number of carbonyl (C=O) groups excluding carboxylic acids is 1. The maximum atomic E-state index is 13.4. The highest BCUT2D eigenvalue weighted by Crippen LogP contribution is 2.38. The molecule has 0 heterocycles. The zero-order valence-electron chi connectivity index (χ0n) is 18.5. The third-order valence-electron chi connectivity index (χ3n) is 6.24. The largest absolute Gasteiger partial charge is 0.289 e. The predicted octanol–water partition coefficient (Wildman–Crippen LogP) is 7.43. The fourth-order valence-corrected chi connectivity index (χ4v) is 4.31. The van der Waals surface area contributed by atoms with Crippen molar-refractivity contribution in [3.05, 3.63) is 118 Å². The molecule has 0 radical (unpaired) electrons. The summed E-state index contributed by atoms with van der Waals surface area (Å²) < 4.78 is 0. The molecule has 1 aliphatic rings. The second-order valence-electron chi connectivity index (χ2n) is 8.37. The van der Waals surface area contributed by atoms with Gasteiger partial charge in [-0.1, -0.05) is 92.7 Å². The van der Waals surface area contributed by atoms with Crippen LogP contribution in [-0.4, -0.2) is 5.78 Å². The van der Waals surface area contributed by atoms with Gasteiger partial charge in [0.1, 0.15) is 0 Å². The Morgan fingerprint density at radius 1 is 0.677 bits per heavy atom. The number of allylic oxidation sites excluding steroid dienone is 2. The Balaban J connectivity index is 1.70. The standard InChI is InChI=1S/C30H30O/c1-3-22-10-14-24(15-11-22)18-28-20-27(26-8-6-5-7-9-26)21-29(30(28)31)19-25-16-12-23(4-2)13-17-25/h5-19,27H,3-4,20-21H2,1-2H3/b28-18+,29-19+. The van der Waals surface area contributed by atoms with Crippen molar-refractivity contribution in [1.29, 1.82) is 0 Å². The van der Waals surface area contributed by atoms with Crippen LogP contribution in [0.2, 0.25) is 0 Å². The molecule has 0 unspecified atom stereocenters. The number of ketones is 1. The van der Waals surface area contributed by atoms with Crippen LogP contribution in [0, 0.1) is 0 Å². The molecule has 0 N–H and O–H groups in total. The number of rotatable bonds is 5. The van der Waals surface area contributed by atoms with Crippen LogP contribution < -0.4 is 0 Å². The second kappa shape index (κ2) is 9.75. The van der Waals surface area contributed by atoms with E-state index in [1.807, 2.05) is 0 Å². The Kier molecular flexibility index (Phi) is 6.62. The van der Waals surface area contributed by atoms with Crippen molar-refractivity contribution in [2.45, 2.75) is 45.4 Å². The molecular formula is C30H30O. The Morgan fingerprint density at radius 3 is 1.55 bits per heavy atom. The first-order valence-electron chi connectivity index (χ1n) is 11.3. The maximum Gasteiger partial charge on any atom is 0.185 e. The van der Waals surface area contributed by atoms with E-state index in [4.69, 9.17) is 0 Å². The monoisotopic (exact) mass is 406 g/mol. The van der Waals surface area contributed by atoms with E-state index in [1.54, 1.807) is 0 Å². The van der Waals surface area contributed by atoms with Gasteiger partial charge in [-0.2, -0.15) is 0 Å². The first-order valence-corrected chi connectivity index (χ1v) is 11.3. The molecule has 0 amide bonds. The van der Waals surface area contributed by atoms with Gasteiger partial charge in [0.05, 0.1) is 0 Å². The van der Waals surface area contributed by atoms with Gasteiger partial charge in [-0.15, -0.1) is 0 Å². The molecule has 0 bridgehead atoms. The summed E-state index contributed by atoms with van der Waals surface area (Å²) in [5.74, 6) is 0.507. The van der Waals surface area contributed by atoms with Crippen LogP contribution >= 0.6 is 0 Å². The molecule has 0 aromatic heterocycles. The molecule has 156 valence electrons. The van der Waals surface area contributed by atoms with Gasteiger partial charge in [0.25, 0.3) is 0 Å². The van der Waals surface area contributed by atoms with Gasteiger partial charge < -0.3 is 0 Å². The van der Waals surface area contributed by atoms with E-state index >= 15 is 0 Å².